The predicted octanol–water partition coefficient (Wildman–Crippen LogP) is 4.09. The lowest BCUT2D eigenvalue weighted by atomic mass is 9.92. The lowest BCUT2D eigenvalue weighted by molar-refractivity contribution is -0.133. The largest absolute Gasteiger partial charge is 0.466 e. The number of rotatable bonds is 6. The summed E-state index contributed by atoms with van der Waals surface area (Å²) in [5, 5.41) is 5.39. The van der Waals surface area contributed by atoms with Gasteiger partial charge in [0.1, 0.15) is 35.1 Å². The van der Waals surface area contributed by atoms with Crippen LogP contribution in [0.3, 0.4) is 0 Å². The van der Waals surface area contributed by atoms with Crippen molar-refractivity contribution in [2.45, 2.75) is 26.3 Å². The first-order valence-corrected chi connectivity index (χ1v) is 10.1. The molecule has 2 aromatic carbocycles. The lowest BCUT2D eigenvalue weighted by Gasteiger charge is -2.21. The number of para-hydroxylation sites is 1. The maximum Gasteiger partial charge on any atom is 0.325 e. The molecule has 2 heterocycles. The third kappa shape index (κ3) is 4.07. The second kappa shape index (κ2) is 8.22. The van der Waals surface area contributed by atoms with Crippen molar-refractivity contribution in [2.24, 2.45) is 0 Å². The first kappa shape index (κ1) is 21.2. The Hall–Kier alpha value is -4.07. The van der Waals surface area contributed by atoms with Crippen LogP contribution in [0, 0.1) is 13.8 Å². The lowest BCUT2D eigenvalue weighted by Crippen LogP contribution is -2.42. The predicted molar refractivity (Wildman–Crippen MR) is 117 cm³/mol. The van der Waals surface area contributed by atoms with E-state index in [2.05, 4.69) is 10.6 Å². The molecule has 1 aliphatic rings. The summed E-state index contributed by atoms with van der Waals surface area (Å²) in [5.41, 5.74) is -0.232. The summed E-state index contributed by atoms with van der Waals surface area (Å²) < 4.78 is 11.3. The molecule has 1 unspecified atom stereocenters. The van der Waals surface area contributed by atoms with E-state index in [-0.39, 0.29) is 0 Å². The van der Waals surface area contributed by atoms with Crippen molar-refractivity contribution in [3.05, 3.63) is 77.7 Å². The van der Waals surface area contributed by atoms with Gasteiger partial charge in [-0.05, 0) is 51.1 Å². The third-order valence-corrected chi connectivity index (χ3v) is 5.25. The molecule has 1 aliphatic heterocycles. The van der Waals surface area contributed by atoms with E-state index in [0.717, 1.165) is 4.90 Å². The fourth-order valence-corrected chi connectivity index (χ4v) is 3.76. The minimum Gasteiger partial charge on any atom is -0.466 e. The summed E-state index contributed by atoms with van der Waals surface area (Å²) >= 11 is 0. The molecule has 32 heavy (non-hydrogen) atoms. The van der Waals surface area contributed by atoms with E-state index in [9.17, 15) is 14.4 Å². The van der Waals surface area contributed by atoms with Crippen LogP contribution in [-0.2, 0) is 15.1 Å². The Morgan fingerprint density at radius 2 is 1.78 bits per heavy atom. The number of furan rings is 1. The number of nitrogens with zero attached hydrogens (tertiary/aromatic N) is 1. The Balaban J connectivity index is 1.44. The first-order valence-electron chi connectivity index (χ1n) is 10.1. The van der Waals surface area contributed by atoms with Gasteiger partial charge in [-0.15, -0.1) is 0 Å². The Labute approximate surface area is 185 Å². The van der Waals surface area contributed by atoms with E-state index >= 15 is 0 Å². The number of benzene rings is 2. The van der Waals surface area contributed by atoms with Gasteiger partial charge in [0.25, 0.3) is 5.91 Å². The number of ether oxygens (including phenoxy) is 1. The van der Waals surface area contributed by atoms with Crippen LogP contribution in [0.15, 0.2) is 65.1 Å². The number of anilines is 1. The minimum atomic E-state index is -1.29. The SMILES string of the molecule is Cc1cc(C2(C)NC(=O)N(CC(=O)Nc3cccc(Oc4ccccc4)c3)C2=O)c(C)o1. The van der Waals surface area contributed by atoms with Crippen LogP contribution in [0.5, 0.6) is 11.5 Å². The van der Waals surface area contributed by atoms with Gasteiger partial charge < -0.3 is 19.8 Å². The molecule has 0 spiro atoms. The fourth-order valence-electron chi connectivity index (χ4n) is 3.76. The highest BCUT2D eigenvalue weighted by molar-refractivity contribution is 6.10. The van der Waals surface area contributed by atoms with E-state index in [1.807, 2.05) is 30.3 Å². The van der Waals surface area contributed by atoms with Crippen molar-refractivity contribution in [3.63, 3.8) is 0 Å². The summed E-state index contributed by atoms with van der Waals surface area (Å²) in [4.78, 5) is 39.1. The van der Waals surface area contributed by atoms with Crippen molar-refractivity contribution in [1.82, 2.24) is 10.2 Å². The van der Waals surface area contributed by atoms with Crippen LogP contribution in [0.2, 0.25) is 0 Å². The minimum absolute atomic E-state index is 0.417. The summed E-state index contributed by atoms with van der Waals surface area (Å²) in [6, 6.07) is 17.2. The molecule has 0 bridgehead atoms. The van der Waals surface area contributed by atoms with Gasteiger partial charge in [0.15, 0.2) is 0 Å². The molecule has 2 N–H and O–H groups in total. The molecular formula is C24H23N3O5. The molecule has 8 nitrogen and oxygen atoms in total. The second-order valence-electron chi connectivity index (χ2n) is 7.76. The van der Waals surface area contributed by atoms with Crippen LogP contribution >= 0.6 is 0 Å². The van der Waals surface area contributed by atoms with Crippen LogP contribution < -0.4 is 15.4 Å². The molecule has 4 rings (SSSR count). The number of carbonyl (C=O) groups is 3. The highest BCUT2D eigenvalue weighted by atomic mass is 16.5. The average molecular weight is 433 g/mol. The molecular weight excluding hydrogens is 410 g/mol. The van der Waals surface area contributed by atoms with E-state index in [4.69, 9.17) is 9.15 Å². The molecule has 1 saturated heterocycles. The summed E-state index contributed by atoms with van der Waals surface area (Å²) in [7, 11) is 0. The number of aryl methyl sites for hydroxylation is 2. The van der Waals surface area contributed by atoms with Gasteiger partial charge in [-0.3, -0.25) is 14.5 Å². The molecule has 0 aliphatic carbocycles. The Kier molecular flexibility index (Phi) is 5.44. The van der Waals surface area contributed by atoms with Gasteiger partial charge in [-0.2, -0.15) is 0 Å². The standard InChI is InChI=1S/C24H23N3O5/c1-15-12-20(16(2)31-15)24(3)22(29)27(23(30)26-24)14-21(28)25-17-8-7-11-19(13-17)32-18-9-5-4-6-10-18/h4-13H,14H2,1-3H3,(H,25,28)(H,26,30). The van der Waals surface area contributed by atoms with Crippen molar-refractivity contribution in [3.8, 4) is 11.5 Å². The maximum absolute atomic E-state index is 13.0. The molecule has 1 fully saturated rings. The average Bonchev–Trinajstić information content (AvgIpc) is 3.20. The molecule has 4 amide bonds. The van der Waals surface area contributed by atoms with E-state index < -0.39 is 29.9 Å². The monoisotopic (exact) mass is 433 g/mol. The third-order valence-electron chi connectivity index (χ3n) is 5.25. The molecule has 8 heteroatoms. The zero-order valence-electron chi connectivity index (χ0n) is 18.0. The highest BCUT2D eigenvalue weighted by Gasteiger charge is 2.51. The van der Waals surface area contributed by atoms with Crippen LogP contribution in [-0.4, -0.2) is 29.3 Å². The number of urea groups is 1. The van der Waals surface area contributed by atoms with E-state index in [1.54, 1.807) is 51.1 Å². The van der Waals surface area contributed by atoms with Crippen molar-refractivity contribution >= 4 is 23.5 Å². The smallest absolute Gasteiger partial charge is 0.325 e. The Morgan fingerprint density at radius 3 is 2.47 bits per heavy atom. The van der Waals surface area contributed by atoms with Gasteiger partial charge in [-0.1, -0.05) is 24.3 Å². The highest BCUT2D eigenvalue weighted by Crippen LogP contribution is 2.33. The van der Waals surface area contributed by atoms with Crippen LogP contribution in [0.4, 0.5) is 10.5 Å². The number of amides is 4. The van der Waals surface area contributed by atoms with Crippen molar-refractivity contribution in [1.29, 1.82) is 0 Å². The zero-order valence-corrected chi connectivity index (χ0v) is 18.0. The number of hydrogen-bond donors (Lipinski definition) is 2. The van der Waals surface area contributed by atoms with Gasteiger partial charge in [-0.25, -0.2) is 4.79 Å². The molecule has 0 saturated carbocycles. The first-order chi connectivity index (χ1) is 15.3. The van der Waals surface area contributed by atoms with Gasteiger partial charge in [0.05, 0.1) is 0 Å². The molecule has 0 radical (unpaired) electrons. The number of nitrogens with one attached hydrogen (secondary N) is 2. The Morgan fingerprint density at radius 1 is 1.06 bits per heavy atom. The molecule has 164 valence electrons. The number of imide groups is 1. The number of hydrogen-bond acceptors (Lipinski definition) is 5. The molecule has 1 aromatic heterocycles. The maximum atomic E-state index is 13.0. The summed E-state index contributed by atoms with van der Waals surface area (Å²) in [5.74, 6) is 1.37. The van der Waals surface area contributed by atoms with Gasteiger partial charge in [0.2, 0.25) is 5.91 Å². The van der Waals surface area contributed by atoms with Crippen molar-refractivity contribution < 1.29 is 23.5 Å². The molecule has 3 aromatic rings. The quantitative estimate of drug-likeness (QED) is 0.570. The fraction of sp³-hybridized carbons (Fsp3) is 0.208. The van der Waals surface area contributed by atoms with Crippen LogP contribution in [0.1, 0.15) is 24.0 Å². The normalized spacial score (nSPS) is 17.9. The summed E-state index contributed by atoms with van der Waals surface area (Å²) in [6.07, 6.45) is 0. The second-order valence-corrected chi connectivity index (χ2v) is 7.76. The zero-order chi connectivity index (χ0) is 22.9. The van der Waals surface area contributed by atoms with E-state index in [1.165, 1.54) is 0 Å². The number of carbonyl (C=O) groups excluding carboxylic acids is 3. The van der Waals surface area contributed by atoms with Crippen molar-refractivity contribution in [2.75, 3.05) is 11.9 Å². The van der Waals surface area contributed by atoms with E-state index in [0.29, 0.717) is 34.3 Å². The topological polar surface area (TPSA) is 101 Å². The van der Waals surface area contributed by atoms with Gasteiger partial charge >= 0.3 is 6.03 Å². The summed E-state index contributed by atoms with van der Waals surface area (Å²) in [6.45, 7) is 4.68. The molecule has 1 atom stereocenters. The van der Waals surface area contributed by atoms with Gasteiger partial charge in [0, 0.05) is 17.3 Å². The Bertz CT molecular complexity index is 1190. The van der Waals surface area contributed by atoms with Crippen LogP contribution in [0.25, 0.3) is 0 Å².